The first-order chi connectivity index (χ1) is 14.0. The highest BCUT2D eigenvalue weighted by Gasteiger charge is 2.19. The number of hydrogen-bond acceptors (Lipinski definition) is 3. The monoisotopic (exact) mass is 404 g/mol. The number of fused-ring (bicyclic) bond motifs is 1. The maximum Gasteiger partial charge on any atom is 0.224 e. The van der Waals surface area contributed by atoms with E-state index in [1.54, 1.807) is 0 Å². The summed E-state index contributed by atoms with van der Waals surface area (Å²) >= 11 is 1.87. The van der Waals surface area contributed by atoms with Gasteiger partial charge in [0.1, 0.15) is 0 Å². The molecule has 3 aromatic rings. The van der Waals surface area contributed by atoms with Crippen molar-refractivity contribution >= 4 is 28.6 Å². The maximum absolute atomic E-state index is 12.7. The molecule has 0 saturated heterocycles. The molecule has 4 rings (SSSR count). The Bertz CT molecular complexity index is 986. The number of benzene rings is 2. The van der Waals surface area contributed by atoms with Gasteiger partial charge in [0.15, 0.2) is 0 Å². The fraction of sp³-hybridized carbons (Fsp3) is 0.320. The Kier molecular flexibility index (Phi) is 5.72. The number of nitrogens with zero attached hydrogens (tertiary/aromatic N) is 1. The van der Waals surface area contributed by atoms with E-state index < -0.39 is 0 Å². The molecule has 4 heteroatoms. The molecule has 150 valence electrons. The van der Waals surface area contributed by atoms with Gasteiger partial charge >= 0.3 is 0 Å². The first-order valence-electron chi connectivity index (χ1n) is 10.3. The molecule has 1 aliphatic rings. The highest BCUT2D eigenvalue weighted by Crippen LogP contribution is 2.32. The average Bonchev–Trinajstić information content (AvgIpc) is 3.19. The summed E-state index contributed by atoms with van der Waals surface area (Å²) in [5.74, 6) is 0.269. The van der Waals surface area contributed by atoms with Crippen molar-refractivity contribution < 1.29 is 4.79 Å². The van der Waals surface area contributed by atoms with Crippen molar-refractivity contribution in [1.82, 2.24) is 0 Å². The molecule has 0 radical (unpaired) electrons. The summed E-state index contributed by atoms with van der Waals surface area (Å²) in [6, 6.07) is 16.9. The molecule has 0 spiro atoms. The van der Waals surface area contributed by atoms with E-state index in [9.17, 15) is 4.79 Å². The van der Waals surface area contributed by atoms with Gasteiger partial charge in [-0.15, -0.1) is 11.3 Å². The molecule has 0 bridgehead atoms. The van der Waals surface area contributed by atoms with Gasteiger partial charge in [0.25, 0.3) is 0 Å². The first-order valence-corrected chi connectivity index (χ1v) is 11.2. The van der Waals surface area contributed by atoms with Crippen molar-refractivity contribution in [3.63, 3.8) is 0 Å². The minimum Gasteiger partial charge on any atom is -0.367 e. The highest BCUT2D eigenvalue weighted by molar-refractivity contribution is 7.10. The molecule has 2 heterocycles. The summed E-state index contributed by atoms with van der Waals surface area (Å²) in [4.78, 5) is 16.6. The molecule has 0 fully saturated rings. The van der Waals surface area contributed by atoms with Crippen LogP contribution in [0.5, 0.6) is 0 Å². The molecule has 3 nitrogen and oxygen atoms in total. The molecular formula is C25H28N2OS. The van der Waals surface area contributed by atoms with Crippen molar-refractivity contribution in [2.45, 2.75) is 46.1 Å². The third kappa shape index (κ3) is 4.38. The van der Waals surface area contributed by atoms with Gasteiger partial charge in [-0.2, -0.15) is 0 Å². The molecule has 2 aromatic carbocycles. The fourth-order valence-corrected chi connectivity index (χ4v) is 5.05. The minimum atomic E-state index is 0.0705. The van der Waals surface area contributed by atoms with Crippen LogP contribution in [0.3, 0.4) is 0 Å². The van der Waals surface area contributed by atoms with Crippen molar-refractivity contribution in [1.29, 1.82) is 0 Å². The fourth-order valence-electron chi connectivity index (χ4n) is 4.16. The predicted molar refractivity (Wildman–Crippen MR) is 123 cm³/mol. The van der Waals surface area contributed by atoms with Crippen LogP contribution in [0.2, 0.25) is 0 Å². The predicted octanol–water partition coefficient (Wildman–Crippen LogP) is 6.06. The van der Waals surface area contributed by atoms with Crippen molar-refractivity contribution in [3.05, 3.63) is 81.0 Å². The normalized spacial score (nSPS) is 14.4. The largest absolute Gasteiger partial charge is 0.367 e. The Morgan fingerprint density at radius 1 is 1.14 bits per heavy atom. The van der Waals surface area contributed by atoms with Gasteiger partial charge in [-0.3, -0.25) is 4.79 Å². The van der Waals surface area contributed by atoms with Gasteiger partial charge in [-0.05, 0) is 72.0 Å². The van der Waals surface area contributed by atoms with Crippen molar-refractivity contribution in [2.75, 3.05) is 16.8 Å². The second kappa shape index (κ2) is 8.42. The van der Waals surface area contributed by atoms with Gasteiger partial charge in [-0.1, -0.05) is 37.3 Å². The third-order valence-electron chi connectivity index (χ3n) is 5.81. The number of aryl methyl sites for hydroxylation is 2. The standard InChI is InChI=1S/C25H28N2OS/c1-17(20-7-5-4-6-8-20)15-24(28)26-25-18(2)13-22(14-19(25)3)27-11-9-23-21(16-27)10-12-29-23/h4-8,10,12-14,17H,9,11,15-16H2,1-3H3,(H,26,28). The molecule has 29 heavy (non-hydrogen) atoms. The summed E-state index contributed by atoms with van der Waals surface area (Å²) in [7, 11) is 0. The summed E-state index contributed by atoms with van der Waals surface area (Å²) in [6.45, 7) is 8.30. The molecule has 1 atom stereocenters. The lowest BCUT2D eigenvalue weighted by atomic mass is 9.97. The number of nitrogens with one attached hydrogen (secondary N) is 1. The number of thiophene rings is 1. The van der Waals surface area contributed by atoms with E-state index in [2.05, 4.69) is 66.7 Å². The summed E-state index contributed by atoms with van der Waals surface area (Å²) in [5, 5.41) is 5.36. The molecule has 1 amide bonds. The molecule has 1 N–H and O–H groups in total. The quantitative estimate of drug-likeness (QED) is 0.560. The number of carbonyl (C=O) groups excluding carboxylic acids is 1. The van der Waals surface area contributed by atoms with Crippen LogP contribution in [0.1, 0.15) is 46.4 Å². The van der Waals surface area contributed by atoms with Crippen molar-refractivity contribution in [2.24, 2.45) is 0 Å². The van der Waals surface area contributed by atoms with E-state index in [1.807, 2.05) is 29.5 Å². The number of rotatable bonds is 5. The zero-order valence-electron chi connectivity index (χ0n) is 17.4. The zero-order valence-corrected chi connectivity index (χ0v) is 18.2. The van der Waals surface area contributed by atoms with Crippen LogP contribution in [-0.2, 0) is 17.8 Å². The highest BCUT2D eigenvalue weighted by atomic mass is 32.1. The minimum absolute atomic E-state index is 0.0705. The third-order valence-corrected chi connectivity index (χ3v) is 6.84. The SMILES string of the molecule is Cc1cc(N2CCc3sccc3C2)cc(C)c1NC(=O)CC(C)c1ccccc1. The van der Waals surface area contributed by atoms with Crippen LogP contribution in [-0.4, -0.2) is 12.5 Å². The van der Waals surface area contributed by atoms with E-state index in [4.69, 9.17) is 0 Å². The molecule has 1 aromatic heterocycles. The van der Waals surface area contributed by atoms with Gasteiger partial charge in [0.2, 0.25) is 5.91 Å². The summed E-state index contributed by atoms with van der Waals surface area (Å²) in [6.07, 6.45) is 1.60. The average molecular weight is 405 g/mol. The van der Waals surface area contributed by atoms with Crippen molar-refractivity contribution in [3.8, 4) is 0 Å². The Labute approximate surface area is 177 Å². The van der Waals surface area contributed by atoms with E-state index in [-0.39, 0.29) is 11.8 Å². The van der Waals surface area contributed by atoms with E-state index in [0.717, 1.165) is 36.3 Å². The second-order valence-electron chi connectivity index (χ2n) is 8.06. The maximum atomic E-state index is 12.7. The van der Waals surface area contributed by atoms with Gasteiger partial charge < -0.3 is 10.2 Å². The van der Waals surface area contributed by atoms with Crippen LogP contribution in [0, 0.1) is 13.8 Å². The molecule has 1 unspecified atom stereocenters. The number of hydrogen-bond donors (Lipinski definition) is 1. The Hall–Kier alpha value is -2.59. The van der Waals surface area contributed by atoms with Gasteiger partial charge in [0, 0.05) is 35.8 Å². The molecular weight excluding hydrogens is 376 g/mol. The zero-order chi connectivity index (χ0) is 20.4. The van der Waals surface area contributed by atoms with E-state index >= 15 is 0 Å². The summed E-state index contributed by atoms with van der Waals surface area (Å²) in [5.41, 5.74) is 7.08. The summed E-state index contributed by atoms with van der Waals surface area (Å²) < 4.78 is 0. The van der Waals surface area contributed by atoms with E-state index in [1.165, 1.54) is 21.7 Å². The van der Waals surface area contributed by atoms with Crippen LogP contribution >= 0.6 is 11.3 Å². The Morgan fingerprint density at radius 3 is 2.59 bits per heavy atom. The molecule has 1 aliphatic heterocycles. The number of anilines is 2. The lowest BCUT2D eigenvalue weighted by Crippen LogP contribution is -2.29. The second-order valence-corrected chi connectivity index (χ2v) is 9.06. The first kappa shape index (κ1) is 19.7. The van der Waals surface area contributed by atoms with Crippen LogP contribution in [0.4, 0.5) is 11.4 Å². The van der Waals surface area contributed by atoms with Gasteiger partial charge in [-0.25, -0.2) is 0 Å². The van der Waals surface area contributed by atoms with E-state index in [0.29, 0.717) is 6.42 Å². The Morgan fingerprint density at radius 2 is 1.86 bits per heavy atom. The van der Waals surface area contributed by atoms with Gasteiger partial charge in [0.05, 0.1) is 0 Å². The Balaban J connectivity index is 1.45. The van der Waals surface area contributed by atoms with Crippen LogP contribution in [0.25, 0.3) is 0 Å². The smallest absolute Gasteiger partial charge is 0.224 e. The number of carbonyl (C=O) groups is 1. The molecule has 0 aliphatic carbocycles. The molecule has 0 saturated carbocycles. The number of amides is 1. The lowest BCUT2D eigenvalue weighted by molar-refractivity contribution is -0.116. The van der Waals surface area contributed by atoms with Crippen LogP contribution < -0.4 is 10.2 Å². The topological polar surface area (TPSA) is 32.3 Å². The van der Waals surface area contributed by atoms with Crippen LogP contribution in [0.15, 0.2) is 53.9 Å². The lowest BCUT2D eigenvalue weighted by Gasteiger charge is -2.30.